The molecular weight excluding hydrogens is 388 g/mol. The molecule has 1 aromatic carbocycles. The maximum atomic E-state index is 12.1. The molecule has 1 aromatic rings. The van der Waals surface area contributed by atoms with Crippen molar-refractivity contribution in [1.29, 1.82) is 0 Å². The first kappa shape index (κ1) is 22.4. The molecule has 3 aliphatic carbocycles. The molecule has 0 saturated heterocycles. The van der Waals surface area contributed by atoms with E-state index in [1.165, 1.54) is 24.8 Å². The lowest BCUT2D eigenvalue weighted by Crippen LogP contribution is -2.58. The van der Waals surface area contributed by atoms with Gasteiger partial charge in [-0.25, -0.2) is 4.79 Å². The largest absolute Gasteiger partial charge is 0.508 e. The minimum Gasteiger partial charge on any atom is -0.508 e. The van der Waals surface area contributed by atoms with Crippen LogP contribution in [0.15, 0.2) is 18.2 Å². The summed E-state index contributed by atoms with van der Waals surface area (Å²) in [6.45, 7) is 11.7. The lowest BCUT2D eigenvalue weighted by molar-refractivity contribution is -0.163. The number of hydrogen-bond donors (Lipinski definition) is 2. The first-order chi connectivity index (χ1) is 14.4. The van der Waals surface area contributed by atoms with Gasteiger partial charge in [-0.3, -0.25) is 0 Å². The number of aldehydes is 1. The number of aromatic hydroxyl groups is 1. The van der Waals surface area contributed by atoms with E-state index in [9.17, 15) is 19.8 Å². The number of carboxylic acid groups (broad SMARTS) is 1. The van der Waals surface area contributed by atoms with Crippen LogP contribution in [0, 0.1) is 39.4 Å². The zero-order valence-electron chi connectivity index (χ0n) is 19.7. The number of carbonyl (C=O) groups is 2. The number of phenolic OH excluding ortho intramolecular Hbond substituents is 1. The van der Waals surface area contributed by atoms with Crippen molar-refractivity contribution >= 4 is 12.3 Å². The second-order valence-corrected chi connectivity index (χ2v) is 11.9. The van der Waals surface area contributed by atoms with Gasteiger partial charge in [0.25, 0.3) is 0 Å². The zero-order valence-corrected chi connectivity index (χ0v) is 19.7. The van der Waals surface area contributed by atoms with Crippen molar-refractivity contribution < 1.29 is 19.8 Å². The topological polar surface area (TPSA) is 74.6 Å². The van der Waals surface area contributed by atoms with Crippen LogP contribution in [-0.2, 0) is 11.2 Å². The van der Waals surface area contributed by atoms with Crippen molar-refractivity contribution in [2.45, 2.75) is 79.6 Å². The molecule has 31 heavy (non-hydrogen) atoms. The number of benzene rings is 1. The predicted molar refractivity (Wildman–Crippen MR) is 121 cm³/mol. The molecule has 0 amide bonds. The molecule has 7 atom stereocenters. The van der Waals surface area contributed by atoms with E-state index in [2.05, 4.69) is 34.6 Å². The van der Waals surface area contributed by atoms with E-state index >= 15 is 0 Å². The summed E-state index contributed by atoms with van der Waals surface area (Å²) in [7, 11) is 0. The van der Waals surface area contributed by atoms with E-state index in [4.69, 9.17) is 0 Å². The average molecular weight is 427 g/mol. The van der Waals surface area contributed by atoms with Crippen LogP contribution in [0.3, 0.4) is 0 Å². The summed E-state index contributed by atoms with van der Waals surface area (Å²) in [5, 5.41) is 20.0. The molecular formula is C27H38O4. The van der Waals surface area contributed by atoms with Crippen molar-refractivity contribution in [3.8, 4) is 5.75 Å². The lowest BCUT2D eigenvalue weighted by Gasteiger charge is -2.65. The third-order valence-corrected chi connectivity index (χ3v) is 10.8. The lowest BCUT2D eigenvalue weighted by atomic mass is 9.39. The van der Waals surface area contributed by atoms with Crippen LogP contribution in [0.2, 0.25) is 0 Å². The van der Waals surface area contributed by atoms with Gasteiger partial charge >= 0.3 is 5.97 Å². The van der Waals surface area contributed by atoms with E-state index in [1.807, 2.05) is 0 Å². The standard InChI is InChI=1S/C27H38O4/c1-17-8-12-25(3)21(10-13-27(5)22(25)9-11-24(27,2)16-28)26(17,4)15-19-14-18(23(30)31)6-7-20(19)29/h6-7,14,16-17,21-22,29H,8-13,15H2,1-5H3,(H,30,31)/t17-,21+,22-,24+,25+,26-,27-/m0/s1. The van der Waals surface area contributed by atoms with Crippen molar-refractivity contribution in [3.63, 3.8) is 0 Å². The Bertz CT molecular complexity index is 908. The smallest absolute Gasteiger partial charge is 0.335 e. The maximum Gasteiger partial charge on any atom is 0.335 e. The molecule has 4 heteroatoms. The van der Waals surface area contributed by atoms with Gasteiger partial charge in [-0.15, -0.1) is 0 Å². The molecule has 2 N–H and O–H groups in total. The normalized spacial score (nSPS) is 44.4. The van der Waals surface area contributed by atoms with Gasteiger partial charge in [0.1, 0.15) is 12.0 Å². The first-order valence-corrected chi connectivity index (χ1v) is 11.9. The molecule has 3 saturated carbocycles. The van der Waals surface area contributed by atoms with Crippen molar-refractivity contribution in [1.82, 2.24) is 0 Å². The van der Waals surface area contributed by atoms with Crippen LogP contribution >= 0.6 is 0 Å². The fourth-order valence-electron chi connectivity index (χ4n) is 8.37. The Hall–Kier alpha value is -1.84. The molecule has 0 spiro atoms. The van der Waals surface area contributed by atoms with E-state index in [0.717, 1.165) is 37.7 Å². The highest BCUT2D eigenvalue weighted by atomic mass is 16.4. The molecule has 0 unspecified atom stereocenters. The third-order valence-electron chi connectivity index (χ3n) is 10.8. The quantitative estimate of drug-likeness (QED) is 0.570. The number of phenols is 1. The Morgan fingerprint density at radius 2 is 1.74 bits per heavy atom. The molecule has 0 heterocycles. The molecule has 170 valence electrons. The Labute approximate surface area is 186 Å². The fraction of sp³-hybridized carbons (Fsp3) is 0.704. The van der Waals surface area contributed by atoms with Gasteiger partial charge in [-0.05, 0) is 103 Å². The minimum absolute atomic E-state index is 0.0247. The van der Waals surface area contributed by atoms with E-state index in [0.29, 0.717) is 24.2 Å². The maximum absolute atomic E-state index is 12.1. The fourth-order valence-corrected chi connectivity index (χ4v) is 8.37. The van der Waals surface area contributed by atoms with Crippen molar-refractivity contribution in [3.05, 3.63) is 29.3 Å². The van der Waals surface area contributed by atoms with E-state index in [1.54, 1.807) is 6.07 Å². The third kappa shape index (κ3) is 3.00. The molecule has 4 rings (SSSR count). The van der Waals surface area contributed by atoms with Gasteiger partial charge in [0.15, 0.2) is 0 Å². The summed E-state index contributed by atoms with van der Waals surface area (Å²) in [5.74, 6) is 0.742. The van der Waals surface area contributed by atoms with Crippen LogP contribution in [0.4, 0.5) is 0 Å². The Balaban J connectivity index is 1.73. The number of hydrogen-bond acceptors (Lipinski definition) is 3. The molecule has 0 aromatic heterocycles. The van der Waals surface area contributed by atoms with Crippen LogP contribution in [-0.4, -0.2) is 22.5 Å². The van der Waals surface area contributed by atoms with Gasteiger partial charge in [-0.2, -0.15) is 0 Å². The summed E-state index contributed by atoms with van der Waals surface area (Å²) in [6.07, 6.45) is 8.49. The van der Waals surface area contributed by atoms with Crippen molar-refractivity contribution in [2.24, 2.45) is 39.4 Å². The molecule has 4 nitrogen and oxygen atoms in total. The molecule has 3 aliphatic rings. The summed E-state index contributed by atoms with van der Waals surface area (Å²) in [4.78, 5) is 23.6. The second kappa shape index (κ2) is 7.08. The Kier molecular flexibility index (Phi) is 5.11. The van der Waals surface area contributed by atoms with Gasteiger partial charge in [-0.1, -0.05) is 34.6 Å². The highest BCUT2D eigenvalue weighted by Gasteiger charge is 2.66. The second-order valence-electron chi connectivity index (χ2n) is 11.9. The number of carbonyl (C=O) groups excluding carboxylic acids is 1. The molecule has 0 bridgehead atoms. The van der Waals surface area contributed by atoms with Gasteiger partial charge in [0, 0.05) is 5.41 Å². The van der Waals surface area contributed by atoms with Gasteiger partial charge in [0.05, 0.1) is 5.56 Å². The van der Waals surface area contributed by atoms with Crippen LogP contribution in [0.1, 0.15) is 89.1 Å². The van der Waals surface area contributed by atoms with E-state index < -0.39 is 5.97 Å². The molecule has 0 radical (unpaired) electrons. The first-order valence-electron chi connectivity index (χ1n) is 11.9. The summed E-state index contributed by atoms with van der Waals surface area (Å²) in [6, 6.07) is 4.66. The Morgan fingerprint density at radius 1 is 1.06 bits per heavy atom. The molecule has 0 aliphatic heterocycles. The monoisotopic (exact) mass is 426 g/mol. The van der Waals surface area contributed by atoms with Crippen LogP contribution < -0.4 is 0 Å². The highest BCUT2D eigenvalue weighted by molar-refractivity contribution is 5.88. The number of fused-ring (bicyclic) bond motifs is 3. The summed E-state index contributed by atoms with van der Waals surface area (Å²) >= 11 is 0. The predicted octanol–water partition coefficient (Wildman–Crippen LogP) is 6.11. The number of carboxylic acids is 1. The summed E-state index contributed by atoms with van der Waals surface area (Å²) in [5.41, 5.74) is 0.928. The average Bonchev–Trinajstić information content (AvgIpc) is 2.99. The van der Waals surface area contributed by atoms with Gasteiger partial charge in [0.2, 0.25) is 0 Å². The minimum atomic E-state index is -0.958. The summed E-state index contributed by atoms with van der Waals surface area (Å²) < 4.78 is 0. The van der Waals surface area contributed by atoms with E-state index in [-0.39, 0.29) is 33.0 Å². The molecule has 3 fully saturated rings. The van der Waals surface area contributed by atoms with Crippen LogP contribution in [0.25, 0.3) is 0 Å². The number of rotatable bonds is 4. The number of aromatic carboxylic acids is 1. The Morgan fingerprint density at radius 3 is 2.39 bits per heavy atom. The zero-order chi connectivity index (χ0) is 22.8. The van der Waals surface area contributed by atoms with Crippen LogP contribution in [0.5, 0.6) is 5.75 Å². The van der Waals surface area contributed by atoms with Gasteiger partial charge < -0.3 is 15.0 Å². The van der Waals surface area contributed by atoms with Crippen molar-refractivity contribution in [2.75, 3.05) is 0 Å². The SMILES string of the molecule is C[C@H]1CC[C@]2(C)[C@@H](CC[C@@]3(C)[C@H]2CC[C@]3(C)C=O)[C@@]1(C)Cc1cc(C(=O)O)ccc1O. The highest BCUT2D eigenvalue weighted by Crippen LogP contribution is 2.73.